The monoisotopic (exact) mass is 225 g/mol. The molecule has 1 amide bonds. The summed E-state index contributed by atoms with van der Waals surface area (Å²) in [6, 6.07) is -0.204. The van der Waals surface area contributed by atoms with Crippen molar-refractivity contribution in [3.63, 3.8) is 0 Å². The maximum atomic E-state index is 12.0. The lowest BCUT2D eigenvalue weighted by Gasteiger charge is -2.21. The van der Waals surface area contributed by atoms with Gasteiger partial charge in [-0.3, -0.25) is 9.89 Å². The van der Waals surface area contributed by atoms with Gasteiger partial charge in [0.05, 0.1) is 25.7 Å². The third kappa shape index (κ3) is 2.20. The quantitative estimate of drug-likeness (QED) is 0.669. The van der Waals surface area contributed by atoms with Crippen LogP contribution in [0.5, 0.6) is 0 Å². The zero-order chi connectivity index (χ0) is 11.5. The van der Waals surface area contributed by atoms with Crippen molar-refractivity contribution in [2.24, 2.45) is 11.7 Å². The first-order chi connectivity index (χ1) is 7.68. The van der Waals surface area contributed by atoms with Crippen molar-refractivity contribution < 1.29 is 9.53 Å². The van der Waals surface area contributed by atoms with Crippen LogP contribution in [0.25, 0.3) is 0 Å². The van der Waals surface area contributed by atoms with E-state index in [1.165, 1.54) is 6.33 Å². The van der Waals surface area contributed by atoms with Crippen LogP contribution < -0.4 is 5.73 Å². The second kappa shape index (κ2) is 4.58. The fraction of sp³-hybridized carbons (Fsp3) is 0.667. The third-order valence-electron chi connectivity index (χ3n) is 2.67. The number of nitrogens with two attached hydrogens (primary N) is 1. The smallest absolute Gasteiger partial charge is 0.229 e. The highest BCUT2D eigenvalue weighted by atomic mass is 16.5. The highest BCUT2D eigenvalue weighted by molar-refractivity contribution is 5.79. The van der Waals surface area contributed by atoms with Crippen molar-refractivity contribution in [2.75, 3.05) is 20.3 Å². The van der Waals surface area contributed by atoms with Gasteiger partial charge in [0.2, 0.25) is 5.91 Å². The van der Waals surface area contributed by atoms with Crippen LogP contribution in [0.3, 0.4) is 0 Å². The molecule has 0 radical (unpaired) electrons. The van der Waals surface area contributed by atoms with Crippen LogP contribution in [-0.4, -0.2) is 52.3 Å². The van der Waals surface area contributed by atoms with Gasteiger partial charge in [0.25, 0.3) is 0 Å². The number of hydrogen-bond acceptors (Lipinski definition) is 5. The number of nitrogens with zero attached hydrogens (tertiary/aromatic N) is 3. The van der Waals surface area contributed by atoms with E-state index in [0.717, 1.165) is 0 Å². The van der Waals surface area contributed by atoms with E-state index in [2.05, 4.69) is 15.2 Å². The van der Waals surface area contributed by atoms with Crippen LogP contribution in [0.2, 0.25) is 0 Å². The first-order valence-corrected chi connectivity index (χ1v) is 5.11. The van der Waals surface area contributed by atoms with Gasteiger partial charge in [0, 0.05) is 13.1 Å². The molecule has 0 bridgehead atoms. The van der Waals surface area contributed by atoms with E-state index in [1.807, 2.05) is 0 Å². The van der Waals surface area contributed by atoms with Gasteiger partial charge < -0.3 is 15.4 Å². The first-order valence-electron chi connectivity index (χ1n) is 5.11. The van der Waals surface area contributed by atoms with Crippen molar-refractivity contribution in [1.29, 1.82) is 0 Å². The predicted molar refractivity (Wildman–Crippen MR) is 55.1 cm³/mol. The summed E-state index contributed by atoms with van der Waals surface area (Å²) in [6.45, 7) is 1.26. The highest BCUT2D eigenvalue weighted by Crippen LogP contribution is 2.14. The van der Waals surface area contributed by atoms with Crippen LogP contribution in [0.4, 0.5) is 0 Å². The Hall–Kier alpha value is -1.47. The van der Waals surface area contributed by atoms with Gasteiger partial charge in [-0.05, 0) is 0 Å². The Morgan fingerprint density at radius 2 is 2.56 bits per heavy atom. The molecule has 1 fully saturated rings. The second-order valence-corrected chi connectivity index (χ2v) is 3.93. The van der Waals surface area contributed by atoms with Crippen molar-refractivity contribution >= 4 is 5.91 Å². The Bertz CT molecular complexity index is 353. The van der Waals surface area contributed by atoms with Gasteiger partial charge >= 0.3 is 0 Å². The minimum atomic E-state index is -0.243. The SMILES string of the molecule is CN(Cc1ncn[nH]1)C(=O)C1COCC1N. The summed E-state index contributed by atoms with van der Waals surface area (Å²) in [5.74, 6) is 0.401. The number of carbonyl (C=O) groups is 1. The molecular weight excluding hydrogens is 210 g/mol. The number of nitrogens with one attached hydrogen (secondary N) is 1. The molecule has 1 aromatic heterocycles. The molecule has 88 valence electrons. The fourth-order valence-corrected chi connectivity index (χ4v) is 1.72. The number of aromatic amines is 1. The van der Waals surface area contributed by atoms with Gasteiger partial charge in [0.15, 0.2) is 0 Å². The van der Waals surface area contributed by atoms with Gasteiger partial charge in [0.1, 0.15) is 12.2 Å². The van der Waals surface area contributed by atoms with Crippen LogP contribution in [0.15, 0.2) is 6.33 Å². The molecule has 16 heavy (non-hydrogen) atoms. The maximum Gasteiger partial charge on any atom is 0.229 e. The van der Waals surface area contributed by atoms with E-state index in [4.69, 9.17) is 10.5 Å². The molecule has 0 aromatic carbocycles. The molecule has 2 heterocycles. The topological polar surface area (TPSA) is 97.1 Å². The molecule has 0 spiro atoms. The number of rotatable bonds is 3. The first kappa shape index (κ1) is 11.0. The Kier molecular flexibility index (Phi) is 3.16. The average Bonchev–Trinajstić information content (AvgIpc) is 2.88. The molecule has 1 aliphatic rings. The Morgan fingerprint density at radius 3 is 3.12 bits per heavy atom. The second-order valence-electron chi connectivity index (χ2n) is 3.93. The summed E-state index contributed by atoms with van der Waals surface area (Å²) in [5.41, 5.74) is 5.78. The molecule has 7 nitrogen and oxygen atoms in total. The van der Waals surface area contributed by atoms with Gasteiger partial charge in [-0.25, -0.2) is 4.98 Å². The van der Waals surface area contributed by atoms with Gasteiger partial charge in [-0.15, -0.1) is 0 Å². The molecular formula is C9H15N5O2. The maximum absolute atomic E-state index is 12.0. The average molecular weight is 225 g/mol. The summed E-state index contributed by atoms with van der Waals surface area (Å²) in [4.78, 5) is 17.5. The van der Waals surface area contributed by atoms with E-state index >= 15 is 0 Å². The fourth-order valence-electron chi connectivity index (χ4n) is 1.72. The van der Waals surface area contributed by atoms with Gasteiger partial charge in [-0.2, -0.15) is 5.10 Å². The van der Waals surface area contributed by atoms with E-state index in [-0.39, 0.29) is 17.9 Å². The third-order valence-corrected chi connectivity index (χ3v) is 2.67. The van der Waals surface area contributed by atoms with Crippen LogP contribution in [0, 0.1) is 5.92 Å². The number of amides is 1. The summed E-state index contributed by atoms with van der Waals surface area (Å²) in [7, 11) is 1.72. The highest BCUT2D eigenvalue weighted by Gasteiger charge is 2.33. The summed E-state index contributed by atoms with van der Waals surface area (Å²) >= 11 is 0. The lowest BCUT2D eigenvalue weighted by atomic mass is 10.0. The van der Waals surface area contributed by atoms with Crippen LogP contribution >= 0.6 is 0 Å². The minimum absolute atomic E-state index is 0.0126. The number of ether oxygens (including phenoxy) is 1. The summed E-state index contributed by atoms with van der Waals surface area (Å²) < 4.78 is 5.17. The largest absolute Gasteiger partial charge is 0.379 e. The van der Waals surface area contributed by atoms with E-state index < -0.39 is 0 Å². The number of carbonyl (C=O) groups excluding carboxylic acids is 1. The molecule has 0 saturated carbocycles. The molecule has 0 aliphatic carbocycles. The summed E-state index contributed by atoms with van der Waals surface area (Å²) in [5, 5.41) is 6.43. The number of hydrogen-bond donors (Lipinski definition) is 2. The minimum Gasteiger partial charge on any atom is -0.379 e. The normalized spacial score (nSPS) is 24.6. The van der Waals surface area contributed by atoms with Crippen molar-refractivity contribution in [2.45, 2.75) is 12.6 Å². The molecule has 1 saturated heterocycles. The van der Waals surface area contributed by atoms with Crippen LogP contribution in [0.1, 0.15) is 5.82 Å². The van der Waals surface area contributed by atoms with Crippen molar-refractivity contribution in [1.82, 2.24) is 20.1 Å². The zero-order valence-electron chi connectivity index (χ0n) is 9.09. The summed E-state index contributed by atoms with van der Waals surface area (Å²) in [6.07, 6.45) is 1.41. The lowest BCUT2D eigenvalue weighted by molar-refractivity contribution is -0.135. The zero-order valence-corrected chi connectivity index (χ0v) is 9.09. The van der Waals surface area contributed by atoms with Crippen molar-refractivity contribution in [3.8, 4) is 0 Å². The lowest BCUT2D eigenvalue weighted by Crippen LogP contribution is -2.41. The molecule has 2 atom stereocenters. The van der Waals surface area contributed by atoms with Crippen molar-refractivity contribution in [3.05, 3.63) is 12.2 Å². The molecule has 1 aromatic rings. The van der Waals surface area contributed by atoms with E-state index in [9.17, 15) is 4.79 Å². The molecule has 3 N–H and O–H groups in total. The molecule has 2 unspecified atom stereocenters. The molecule has 2 rings (SSSR count). The van der Waals surface area contributed by atoms with E-state index in [0.29, 0.717) is 25.6 Å². The Balaban J connectivity index is 1.94. The Labute approximate surface area is 93.0 Å². The molecule has 1 aliphatic heterocycles. The standard InChI is InChI=1S/C9H15N5O2/c1-14(2-8-11-5-12-13-8)9(15)6-3-16-4-7(6)10/h5-7H,2-4,10H2,1H3,(H,11,12,13). The van der Waals surface area contributed by atoms with Gasteiger partial charge in [-0.1, -0.05) is 0 Å². The molecule has 7 heteroatoms. The van der Waals surface area contributed by atoms with E-state index in [1.54, 1.807) is 11.9 Å². The van der Waals surface area contributed by atoms with Crippen LogP contribution in [-0.2, 0) is 16.1 Å². The number of aromatic nitrogens is 3. The predicted octanol–water partition coefficient (Wildman–Crippen LogP) is -1.26. The number of H-pyrrole nitrogens is 1. The Morgan fingerprint density at radius 1 is 1.75 bits per heavy atom.